The number of rotatable bonds is 3. The molecule has 0 saturated carbocycles. The molecule has 0 atom stereocenters. The monoisotopic (exact) mass is 348 g/mol. The molecular formula is C16H10BrFOS. The number of ketones is 1. The number of carbonyl (C=O) groups excluding carboxylic acids is 1. The molecule has 3 rings (SSSR count). The van der Waals surface area contributed by atoms with Crippen LogP contribution in [0.15, 0.2) is 53.0 Å². The lowest BCUT2D eigenvalue weighted by Gasteiger charge is -2.02. The van der Waals surface area contributed by atoms with Crippen molar-refractivity contribution in [2.24, 2.45) is 0 Å². The molecule has 0 aliphatic heterocycles. The molecule has 1 heterocycles. The number of carbonyl (C=O) groups is 1. The summed E-state index contributed by atoms with van der Waals surface area (Å²) in [6, 6.07) is 14.4. The largest absolute Gasteiger partial charge is 0.293 e. The van der Waals surface area contributed by atoms with E-state index in [9.17, 15) is 9.18 Å². The minimum atomic E-state index is -0.345. The molecule has 0 bridgehead atoms. The molecule has 0 aliphatic carbocycles. The van der Waals surface area contributed by atoms with Gasteiger partial charge in [-0.15, -0.1) is 11.3 Å². The van der Waals surface area contributed by atoms with Crippen LogP contribution in [-0.2, 0) is 6.42 Å². The number of thiophene rings is 1. The van der Waals surface area contributed by atoms with E-state index in [0.717, 1.165) is 14.6 Å². The zero-order valence-electron chi connectivity index (χ0n) is 10.4. The van der Waals surface area contributed by atoms with Crippen molar-refractivity contribution >= 4 is 43.1 Å². The van der Waals surface area contributed by atoms with E-state index >= 15 is 0 Å². The van der Waals surface area contributed by atoms with Gasteiger partial charge < -0.3 is 0 Å². The Morgan fingerprint density at radius 2 is 1.95 bits per heavy atom. The molecule has 100 valence electrons. The minimum Gasteiger partial charge on any atom is -0.293 e. The smallest absolute Gasteiger partial charge is 0.177 e. The van der Waals surface area contributed by atoms with Gasteiger partial charge in [0.15, 0.2) is 5.78 Å². The van der Waals surface area contributed by atoms with Gasteiger partial charge in [0.25, 0.3) is 0 Å². The van der Waals surface area contributed by atoms with E-state index in [2.05, 4.69) is 15.9 Å². The van der Waals surface area contributed by atoms with Crippen LogP contribution in [0.25, 0.3) is 10.1 Å². The highest BCUT2D eigenvalue weighted by Crippen LogP contribution is 2.27. The first-order valence-electron chi connectivity index (χ1n) is 6.09. The van der Waals surface area contributed by atoms with E-state index in [1.165, 1.54) is 17.4 Å². The summed E-state index contributed by atoms with van der Waals surface area (Å²) in [5.41, 5.74) is 0.418. The molecule has 0 unspecified atom stereocenters. The van der Waals surface area contributed by atoms with E-state index in [1.54, 1.807) is 12.1 Å². The van der Waals surface area contributed by atoms with Crippen LogP contribution in [0.5, 0.6) is 0 Å². The second-order valence-corrected chi connectivity index (χ2v) is 6.48. The molecule has 0 radical (unpaired) electrons. The maximum atomic E-state index is 13.7. The molecule has 1 aromatic heterocycles. The van der Waals surface area contributed by atoms with E-state index < -0.39 is 0 Å². The summed E-state index contributed by atoms with van der Waals surface area (Å²) < 4.78 is 15.5. The predicted octanol–water partition coefficient (Wildman–Crippen LogP) is 5.23. The van der Waals surface area contributed by atoms with Gasteiger partial charge >= 0.3 is 0 Å². The Balaban J connectivity index is 1.90. The zero-order chi connectivity index (χ0) is 14.1. The Kier molecular flexibility index (Phi) is 3.68. The van der Waals surface area contributed by atoms with Crippen LogP contribution in [0.4, 0.5) is 4.39 Å². The van der Waals surface area contributed by atoms with Gasteiger partial charge in [-0.2, -0.15) is 0 Å². The summed E-state index contributed by atoms with van der Waals surface area (Å²) >= 11 is 4.75. The Morgan fingerprint density at radius 1 is 1.15 bits per heavy atom. The molecule has 3 aromatic rings. The molecular weight excluding hydrogens is 339 g/mol. The molecule has 0 aliphatic rings. The molecule has 0 saturated heterocycles. The fourth-order valence-electron chi connectivity index (χ4n) is 2.06. The van der Waals surface area contributed by atoms with Crippen molar-refractivity contribution in [3.63, 3.8) is 0 Å². The SMILES string of the molecule is O=C(Cc1cc(Br)ccc1F)c1cc2ccccc2s1. The quantitative estimate of drug-likeness (QED) is 0.592. The predicted molar refractivity (Wildman–Crippen MR) is 84.0 cm³/mol. The number of Topliss-reactive ketones (excluding diaryl/α,β-unsaturated/α-hetero) is 1. The van der Waals surface area contributed by atoms with Gasteiger partial charge in [0.2, 0.25) is 0 Å². The average Bonchev–Trinajstić information content (AvgIpc) is 2.87. The molecule has 0 spiro atoms. The average molecular weight is 349 g/mol. The number of fused-ring (bicyclic) bond motifs is 1. The third-order valence-corrected chi connectivity index (χ3v) is 4.71. The lowest BCUT2D eigenvalue weighted by atomic mass is 10.1. The topological polar surface area (TPSA) is 17.1 Å². The van der Waals surface area contributed by atoms with Gasteiger partial charge in [0.1, 0.15) is 5.82 Å². The van der Waals surface area contributed by atoms with Gasteiger partial charge in [0, 0.05) is 15.6 Å². The van der Waals surface area contributed by atoms with E-state index in [4.69, 9.17) is 0 Å². The standard InChI is InChI=1S/C16H10BrFOS/c17-12-5-6-13(18)11(7-12)8-14(19)16-9-10-3-1-2-4-15(10)20-16/h1-7,9H,8H2. The number of halogens is 2. The van der Waals surface area contributed by atoms with Crippen molar-refractivity contribution in [2.45, 2.75) is 6.42 Å². The van der Waals surface area contributed by atoms with Crippen LogP contribution in [0, 0.1) is 5.82 Å². The maximum Gasteiger partial charge on any atom is 0.177 e. The van der Waals surface area contributed by atoms with Crippen molar-refractivity contribution in [3.05, 3.63) is 69.3 Å². The highest BCUT2D eigenvalue weighted by Gasteiger charge is 2.13. The molecule has 0 fully saturated rings. The summed E-state index contributed by atoms with van der Waals surface area (Å²) in [7, 11) is 0. The molecule has 2 aromatic carbocycles. The van der Waals surface area contributed by atoms with Crippen LogP contribution in [0.1, 0.15) is 15.2 Å². The number of hydrogen-bond donors (Lipinski definition) is 0. The van der Waals surface area contributed by atoms with E-state index in [0.29, 0.717) is 10.4 Å². The lowest BCUT2D eigenvalue weighted by molar-refractivity contribution is 0.0995. The van der Waals surface area contributed by atoms with Crippen LogP contribution in [-0.4, -0.2) is 5.78 Å². The number of hydrogen-bond acceptors (Lipinski definition) is 2. The Hall–Kier alpha value is -1.52. The van der Waals surface area contributed by atoms with Gasteiger partial charge in [-0.25, -0.2) is 4.39 Å². The third kappa shape index (κ3) is 2.67. The lowest BCUT2D eigenvalue weighted by Crippen LogP contribution is -2.03. The molecule has 20 heavy (non-hydrogen) atoms. The highest BCUT2D eigenvalue weighted by atomic mass is 79.9. The molecule has 4 heteroatoms. The summed E-state index contributed by atoms with van der Waals surface area (Å²) in [6.07, 6.45) is 0.0814. The normalized spacial score (nSPS) is 10.9. The van der Waals surface area contributed by atoms with Crippen molar-refractivity contribution in [1.82, 2.24) is 0 Å². The van der Waals surface area contributed by atoms with Crippen molar-refractivity contribution in [3.8, 4) is 0 Å². The van der Waals surface area contributed by atoms with Crippen LogP contribution < -0.4 is 0 Å². The zero-order valence-corrected chi connectivity index (χ0v) is 12.8. The third-order valence-electron chi connectivity index (χ3n) is 3.06. The fourth-order valence-corrected chi connectivity index (χ4v) is 3.47. The fraction of sp³-hybridized carbons (Fsp3) is 0.0625. The first-order valence-corrected chi connectivity index (χ1v) is 7.70. The minimum absolute atomic E-state index is 0.0526. The Bertz CT molecular complexity index is 761. The van der Waals surface area contributed by atoms with Gasteiger partial charge in [-0.3, -0.25) is 4.79 Å². The summed E-state index contributed by atoms with van der Waals surface area (Å²) in [5.74, 6) is -0.397. The van der Waals surface area contributed by atoms with E-state index in [1.807, 2.05) is 30.3 Å². The summed E-state index contributed by atoms with van der Waals surface area (Å²) in [6.45, 7) is 0. The Morgan fingerprint density at radius 3 is 2.75 bits per heavy atom. The molecule has 1 nitrogen and oxygen atoms in total. The van der Waals surface area contributed by atoms with Crippen molar-refractivity contribution in [2.75, 3.05) is 0 Å². The first-order chi connectivity index (χ1) is 9.63. The van der Waals surface area contributed by atoms with Crippen LogP contribution in [0.3, 0.4) is 0 Å². The second kappa shape index (κ2) is 5.46. The first kappa shape index (κ1) is 13.5. The Labute approximate surface area is 128 Å². The highest BCUT2D eigenvalue weighted by molar-refractivity contribution is 9.10. The second-order valence-electron chi connectivity index (χ2n) is 4.48. The maximum absolute atomic E-state index is 13.7. The summed E-state index contributed by atoms with van der Waals surface area (Å²) in [5, 5.41) is 1.05. The van der Waals surface area contributed by atoms with Gasteiger partial charge in [0.05, 0.1) is 4.88 Å². The van der Waals surface area contributed by atoms with Crippen LogP contribution >= 0.6 is 27.3 Å². The summed E-state index contributed by atoms with van der Waals surface area (Å²) in [4.78, 5) is 12.9. The van der Waals surface area contributed by atoms with Crippen molar-refractivity contribution < 1.29 is 9.18 Å². The van der Waals surface area contributed by atoms with Crippen molar-refractivity contribution in [1.29, 1.82) is 0 Å². The number of benzene rings is 2. The molecule has 0 amide bonds. The van der Waals surface area contributed by atoms with Gasteiger partial charge in [-0.1, -0.05) is 34.1 Å². The van der Waals surface area contributed by atoms with E-state index in [-0.39, 0.29) is 18.0 Å². The molecule has 0 N–H and O–H groups in total. The van der Waals surface area contributed by atoms with Gasteiger partial charge in [-0.05, 0) is 41.3 Å². The van der Waals surface area contributed by atoms with Crippen LogP contribution in [0.2, 0.25) is 0 Å².